The number of aliphatic hydroxyl groups is 1. The summed E-state index contributed by atoms with van der Waals surface area (Å²) in [5.74, 6) is 1.64. The lowest BCUT2D eigenvalue weighted by atomic mass is 10.2. The Balaban J connectivity index is 2.06. The zero-order chi connectivity index (χ0) is 13.5. The van der Waals surface area contributed by atoms with Crippen LogP contribution in [0, 0.1) is 0 Å². The van der Waals surface area contributed by atoms with E-state index < -0.39 is 0 Å². The molecule has 0 amide bonds. The van der Waals surface area contributed by atoms with Gasteiger partial charge in [0.2, 0.25) is 0 Å². The van der Waals surface area contributed by atoms with Gasteiger partial charge in [0.05, 0.1) is 12.6 Å². The molecule has 0 saturated carbocycles. The largest absolute Gasteiger partial charge is 0.497 e. The summed E-state index contributed by atoms with van der Waals surface area (Å²) >= 11 is 0. The first-order valence-corrected chi connectivity index (χ1v) is 6.48. The second-order valence-corrected chi connectivity index (χ2v) is 4.32. The van der Waals surface area contributed by atoms with Crippen molar-refractivity contribution in [3.63, 3.8) is 0 Å². The van der Waals surface area contributed by atoms with Crippen molar-refractivity contribution in [2.45, 2.75) is 19.3 Å². The Labute approximate surface area is 112 Å². The minimum atomic E-state index is 0.260. The quantitative estimate of drug-likeness (QED) is 0.748. The van der Waals surface area contributed by atoms with Crippen molar-refractivity contribution < 1.29 is 9.84 Å². The maximum atomic E-state index is 8.72. The molecular weight excluding hydrogens is 242 g/mol. The molecule has 0 aliphatic carbocycles. The van der Waals surface area contributed by atoms with Gasteiger partial charge in [-0.05, 0) is 31.4 Å². The minimum Gasteiger partial charge on any atom is -0.497 e. The maximum Gasteiger partial charge on any atom is 0.137 e. The molecule has 5 nitrogen and oxygen atoms in total. The highest BCUT2D eigenvalue weighted by Crippen LogP contribution is 2.23. The van der Waals surface area contributed by atoms with E-state index in [2.05, 4.69) is 15.3 Å². The monoisotopic (exact) mass is 261 g/mol. The molecule has 2 aromatic rings. The molecule has 0 fully saturated rings. The molecule has 0 spiro atoms. The molecule has 1 aromatic carbocycles. The molecule has 0 atom stereocenters. The Bertz CT molecular complexity index is 531. The molecule has 0 radical (unpaired) electrons. The van der Waals surface area contributed by atoms with Crippen LogP contribution in [-0.2, 0) is 0 Å². The van der Waals surface area contributed by atoms with Gasteiger partial charge in [-0.25, -0.2) is 9.97 Å². The number of rotatable bonds is 7. The smallest absolute Gasteiger partial charge is 0.137 e. The number of ether oxygens (including phenoxy) is 1. The van der Waals surface area contributed by atoms with E-state index in [4.69, 9.17) is 9.84 Å². The van der Waals surface area contributed by atoms with E-state index in [1.807, 2.05) is 18.2 Å². The van der Waals surface area contributed by atoms with Crippen LogP contribution in [0.3, 0.4) is 0 Å². The van der Waals surface area contributed by atoms with Gasteiger partial charge in [0.25, 0.3) is 0 Å². The fraction of sp³-hybridized carbons (Fsp3) is 0.429. The average molecular weight is 261 g/mol. The molecule has 2 rings (SSSR count). The SMILES string of the molecule is COc1ccc2c(NCCCCCO)ncnc2c1. The van der Waals surface area contributed by atoms with Crippen molar-refractivity contribution >= 4 is 16.7 Å². The van der Waals surface area contributed by atoms with Crippen LogP contribution in [0.5, 0.6) is 5.75 Å². The van der Waals surface area contributed by atoms with E-state index in [1.165, 1.54) is 0 Å². The number of nitrogens with one attached hydrogen (secondary N) is 1. The van der Waals surface area contributed by atoms with Crippen LogP contribution in [0.1, 0.15) is 19.3 Å². The summed E-state index contributed by atoms with van der Waals surface area (Å²) in [5.41, 5.74) is 0.868. The summed E-state index contributed by atoms with van der Waals surface area (Å²) in [6.07, 6.45) is 4.43. The number of aliphatic hydroxyl groups excluding tert-OH is 1. The van der Waals surface area contributed by atoms with E-state index in [1.54, 1.807) is 13.4 Å². The number of nitrogens with zero attached hydrogens (tertiary/aromatic N) is 2. The second-order valence-electron chi connectivity index (χ2n) is 4.32. The summed E-state index contributed by atoms with van der Waals surface area (Å²) < 4.78 is 5.18. The van der Waals surface area contributed by atoms with Crippen LogP contribution in [0.4, 0.5) is 5.82 Å². The molecule has 1 aromatic heterocycles. The van der Waals surface area contributed by atoms with Crippen molar-refractivity contribution in [2.24, 2.45) is 0 Å². The van der Waals surface area contributed by atoms with Gasteiger partial charge in [-0.1, -0.05) is 0 Å². The van der Waals surface area contributed by atoms with Crippen molar-refractivity contribution in [1.29, 1.82) is 0 Å². The lowest BCUT2D eigenvalue weighted by Crippen LogP contribution is -2.04. The van der Waals surface area contributed by atoms with Gasteiger partial charge in [0.15, 0.2) is 0 Å². The van der Waals surface area contributed by atoms with Crippen molar-refractivity contribution in [3.8, 4) is 5.75 Å². The highest BCUT2D eigenvalue weighted by atomic mass is 16.5. The Morgan fingerprint density at radius 2 is 2.11 bits per heavy atom. The molecule has 0 bridgehead atoms. The van der Waals surface area contributed by atoms with Gasteiger partial charge in [0, 0.05) is 24.6 Å². The van der Waals surface area contributed by atoms with Crippen LogP contribution in [0.25, 0.3) is 10.9 Å². The van der Waals surface area contributed by atoms with Crippen LogP contribution in [-0.4, -0.2) is 35.3 Å². The Hall–Kier alpha value is -1.88. The third kappa shape index (κ3) is 3.54. The first-order chi connectivity index (χ1) is 9.35. The number of anilines is 1. The fourth-order valence-electron chi connectivity index (χ4n) is 1.93. The van der Waals surface area contributed by atoms with Gasteiger partial charge in [-0.3, -0.25) is 0 Å². The van der Waals surface area contributed by atoms with Crippen LogP contribution >= 0.6 is 0 Å². The van der Waals surface area contributed by atoms with Gasteiger partial charge < -0.3 is 15.2 Å². The normalized spacial score (nSPS) is 10.6. The minimum absolute atomic E-state index is 0.260. The van der Waals surface area contributed by atoms with Crippen molar-refractivity contribution in [2.75, 3.05) is 25.6 Å². The Morgan fingerprint density at radius 3 is 2.89 bits per heavy atom. The zero-order valence-electron chi connectivity index (χ0n) is 11.1. The Morgan fingerprint density at radius 1 is 1.21 bits per heavy atom. The van der Waals surface area contributed by atoms with E-state index in [0.717, 1.165) is 48.3 Å². The van der Waals surface area contributed by atoms with Crippen molar-refractivity contribution in [1.82, 2.24) is 9.97 Å². The maximum absolute atomic E-state index is 8.72. The van der Waals surface area contributed by atoms with E-state index in [9.17, 15) is 0 Å². The number of fused-ring (bicyclic) bond motifs is 1. The molecule has 0 saturated heterocycles. The number of benzene rings is 1. The third-order valence-corrected chi connectivity index (χ3v) is 2.97. The molecule has 0 aliphatic heterocycles. The molecule has 0 unspecified atom stereocenters. The summed E-state index contributed by atoms with van der Waals surface area (Å²) in [6, 6.07) is 5.76. The van der Waals surface area contributed by atoms with E-state index in [0.29, 0.717) is 0 Å². The molecule has 0 aliphatic rings. The Kier molecular flexibility index (Phi) is 4.92. The van der Waals surface area contributed by atoms with E-state index >= 15 is 0 Å². The average Bonchev–Trinajstić information content (AvgIpc) is 2.46. The fourth-order valence-corrected chi connectivity index (χ4v) is 1.93. The van der Waals surface area contributed by atoms with Crippen molar-refractivity contribution in [3.05, 3.63) is 24.5 Å². The number of hydrogen-bond acceptors (Lipinski definition) is 5. The van der Waals surface area contributed by atoms with Gasteiger partial charge in [-0.2, -0.15) is 0 Å². The van der Waals surface area contributed by atoms with E-state index in [-0.39, 0.29) is 6.61 Å². The van der Waals surface area contributed by atoms with Gasteiger partial charge in [-0.15, -0.1) is 0 Å². The van der Waals surface area contributed by atoms with Crippen LogP contribution < -0.4 is 10.1 Å². The van der Waals surface area contributed by atoms with Gasteiger partial charge >= 0.3 is 0 Å². The molecular formula is C14H19N3O2. The summed E-state index contributed by atoms with van der Waals surface area (Å²) in [6.45, 7) is 1.11. The first-order valence-electron chi connectivity index (χ1n) is 6.48. The predicted octanol–water partition coefficient (Wildman–Crippen LogP) is 2.21. The molecule has 5 heteroatoms. The first kappa shape index (κ1) is 13.5. The van der Waals surface area contributed by atoms with Crippen LogP contribution in [0.2, 0.25) is 0 Å². The van der Waals surface area contributed by atoms with Crippen LogP contribution in [0.15, 0.2) is 24.5 Å². The summed E-state index contributed by atoms with van der Waals surface area (Å²) in [5, 5.41) is 13.0. The number of hydrogen-bond donors (Lipinski definition) is 2. The lowest BCUT2D eigenvalue weighted by molar-refractivity contribution is 0.283. The molecule has 2 N–H and O–H groups in total. The number of unbranched alkanes of at least 4 members (excludes halogenated alkanes) is 2. The summed E-state index contributed by atoms with van der Waals surface area (Å²) in [7, 11) is 1.64. The summed E-state index contributed by atoms with van der Waals surface area (Å²) in [4.78, 5) is 8.51. The zero-order valence-corrected chi connectivity index (χ0v) is 11.1. The molecule has 1 heterocycles. The number of aromatic nitrogens is 2. The molecule has 102 valence electrons. The second kappa shape index (κ2) is 6.89. The predicted molar refractivity (Wildman–Crippen MR) is 75.5 cm³/mol. The molecule has 19 heavy (non-hydrogen) atoms. The standard InChI is InChI=1S/C14H19N3O2/c1-19-11-5-6-12-13(9-11)16-10-17-14(12)15-7-3-2-4-8-18/h5-6,9-10,18H,2-4,7-8H2,1H3,(H,15,16,17). The highest BCUT2D eigenvalue weighted by Gasteiger charge is 2.04. The highest BCUT2D eigenvalue weighted by molar-refractivity contribution is 5.89. The topological polar surface area (TPSA) is 67.3 Å². The van der Waals surface area contributed by atoms with Gasteiger partial charge in [0.1, 0.15) is 17.9 Å². The lowest BCUT2D eigenvalue weighted by Gasteiger charge is -2.08. The third-order valence-electron chi connectivity index (χ3n) is 2.97. The number of methoxy groups -OCH3 is 1.